The minimum Gasteiger partial charge on any atom is -0.382 e. The van der Waals surface area contributed by atoms with Gasteiger partial charge in [0.2, 0.25) is 0 Å². The Balaban J connectivity index is 1.97. The van der Waals surface area contributed by atoms with Crippen LogP contribution in [0.2, 0.25) is 0 Å². The molecule has 0 spiro atoms. The highest BCUT2D eigenvalue weighted by Crippen LogP contribution is 2.24. The Morgan fingerprint density at radius 3 is 2.44 bits per heavy atom. The van der Waals surface area contributed by atoms with Crippen molar-refractivity contribution in [3.63, 3.8) is 0 Å². The molecule has 0 aliphatic carbocycles. The molecule has 1 aliphatic heterocycles. The van der Waals surface area contributed by atoms with E-state index in [-0.39, 0.29) is 5.41 Å². The number of rotatable bonds is 2. The predicted molar refractivity (Wildman–Crippen MR) is 79.3 cm³/mol. The SMILES string of the molecule is CC(C)(C)c1ccc(NC2CCCNCC2)cc1. The van der Waals surface area contributed by atoms with Crippen LogP contribution in [0.25, 0.3) is 0 Å². The first-order chi connectivity index (χ1) is 8.55. The lowest BCUT2D eigenvalue weighted by Crippen LogP contribution is -2.21. The molecule has 0 aromatic heterocycles. The number of hydrogen-bond acceptors (Lipinski definition) is 2. The van der Waals surface area contributed by atoms with Gasteiger partial charge in [0.15, 0.2) is 0 Å². The third-order valence-corrected chi connectivity index (χ3v) is 3.70. The van der Waals surface area contributed by atoms with Crippen LogP contribution in [0.15, 0.2) is 24.3 Å². The lowest BCUT2D eigenvalue weighted by Gasteiger charge is -2.21. The summed E-state index contributed by atoms with van der Waals surface area (Å²) in [4.78, 5) is 0. The third-order valence-electron chi connectivity index (χ3n) is 3.70. The first-order valence-electron chi connectivity index (χ1n) is 7.13. The van der Waals surface area contributed by atoms with Crippen molar-refractivity contribution < 1.29 is 0 Å². The van der Waals surface area contributed by atoms with Crippen molar-refractivity contribution >= 4 is 5.69 Å². The van der Waals surface area contributed by atoms with Gasteiger partial charge in [0.1, 0.15) is 0 Å². The van der Waals surface area contributed by atoms with Crippen molar-refractivity contribution in [2.45, 2.75) is 51.5 Å². The van der Waals surface area contributed by atoms with Crippen molar-refractivity contribution in [1.82, 2.24) is 5.32 Å². The van der Waals surface area contributed by atoms with Gasteiger partial charge in [-0.3, -0.25) is 0 Å². The van der Waals surface area contributed by atoms with Gasteiger partial charge in [0.05, 0.1) is 0 Å². The van der Waals surface area contributed by atoms with E-state index >= 15 is 0 Å². The van der Waals surface area contributed by atoms with E-state index in [2.05, 4.69) is 55.7 Å². The van der Waals surface area contributed by atoms with E-state index in [4.69, 9.17) is 0 Å². The van der Waals surface area contributed by atoms with Crippen LogP contribution in [-0.2, 0) is 5.41 Å². The smallest absolute Gasteiger partial charge is 0.0342 e. The standard InChI is InChI=1S/C16H26N2/c1-16(2,3)13-6-8-15(9-7-13)18-14-5-4-11-17-12-10-14/h6-9,14,17-18H,4-5,10-12H2,1-3H3. The van der Waals surface area contributed by atoms with Crippen molar-refractivity contribution in [3.8, 4) is 0 Å². The molecule has 1 fully saturated rings. The molecule has 1 saturated heterocycles. The molecule has 1 heterocycles. The van der Waals surface area contributed by atoms with Crippen molar-refractivity contribution in [1.29, 1.82) is 0 Å². The Kier molecular flexibility index (Phi) is 4.28. The van der Waals surface area contributed by atoms with Gasteiger partial charge in [-0.25, -0.2) is 0 Å². The second-order valence-electron chi connectivity index (χ2n) is 6.35. The highest BCUT2D eigenvalue weighted by atomic mass is 14.9. The topological polar surface area (TPSA) is 24.1 Å². The summed E-state index contributed by atoms with van der Waals surface area (Å²) in [7, 11) is 0. The van der Waals surface area contributed by atoms with Gasteiger partial charge in [0.25, 0.3) is 0 Å². The van der Waals surface area contributed by atoms with Crippen molar-refractivity contribution in [3.05, 3.63) is 29.8 Å². The number of anilines is 1. The zero-order valence-electron chi connectivity index (χ0n) is 11.9. The highest BCUT2D eigenvalue weighted by molar-refractivity contribution is 5.46. The van der Waals surface area contributed by atoms with Crippen LogP contribution in [0.1, 0.15) is 45.6 Å². The van der Waals surface area contributed by atoms with Gasteiger partial charge in [-0.2, -0.15) is 0 Å². The van der Waals surface area contributed by atoms with E-state index in [1.165, 1.54) is 37.1 Å². The summed E-state index contributed by atoms with van der Waals surface area (Å²) in [5.41, 5.74) is 2.90. The molecule has 2 nitrogen and oxygen atoms in total. The maximum absolute atomic E-state index is 3.66. The molecule has 1 unspecified atom stereocenters. The second-order valence-corrected chi connectivity index (χ2v) is 6.35. The van der Waals surface area contributed by atoms with E-state index < -0.39 is 0 Å². The van der Waals surface area contributed by atoms with Gasteiger partial charge in [-0.05, 0) is 55.5 Å². The molecule has 1 aromatic rings. The van der Waals surface area contributed by atoms with Gasteiger partial charge in [-0.15, -0.1) is 0 Å². The summed E-state index contributed by atoms with van der Waals surface area (Å²) in [5.74, 6) is 0. The Hall–Kier alpha value is -1.02. The normalized spacial score (nSPS) is 21.4. The number of nitrogens with one attached hydrogen (secondary N) is 2. The first-order valence-corrected chi connectivity index (χ1v) is 7.13. The van der Waals surface area contributed by atoms with Crippen LogP contribution in [-0.4, -0.2) is 19.1 Å². The number of hydrogen-bond donors (Lipinski definition) is 2. The summed E-state index contributed by atoms with van der Waals surface area (Å²) in [6.45, 7) is 9.07. The maximum atomic E-state index is 3.66. The van der Waals surface area contributed by atoms with Crippen LogP contribution in [0.3, 0.4) is 0 Å². The molecule has 2 heteroatoms. The fraction of sp³-hybridized carbons (Fsp3) is 0.625. The molecule has 0 saturated carbocycles. The Bertz CT molecular complexity index is 354. The summed E-state index contributed by atoms with van der Waals surface area (Å²) >= 11 is 0. The molecule has 1 aliphatic rings. The monoisotopic (exact) mass is 246 g/mol. The average molecular weight is 246 g/mol. The molecular weight excluding hydrogens is 220 g/mol. The van der Waals surface area contributed by atoms with Crippen molar-refractivity contribution in [2.75, 3.05) is 18.4 Å². The summed E-state index contributed by atoms with van der Waals surface area (Å²) < 4.78 is 0. The van der Waals surface area contributed by atoms with Crippen LogP contribution in [0, 0.1) is 0 Å². The molecule has 18 heavy (non-hydrogen) atoms. The van der Waals surface area contributed by atoms with Crippen molar-refractivity contribution in [2.24, 2.45) is 0 Å². The van der Waals surface area contributed by atoms with Crippen LogP contribution in [0.4, 0.5) is 5.69 Å². The fourth-order valence-corrected chi connectivity index (χ4v) is 2.47. The minimum absolute atomic E-state index is 0.241. The highest BCUT2D eigenvalue weighted by Gasteiger charge is 2.14. The second kappa shape index (κ2) is 5.75. The Morgan fingerprint density at radius 2 is 1.78 bits per heavy atom. The molecule has 2 N–H and O–H groups in total. The molecule has 100 valence electrons. The molecule has 0 amide bonds. The lowest BCUT2D eigenvalue weighted by atomic mass is 9.87. The Labute approximate surface area is 111 Å². The summed E-state index contributed by atoms with van der Waals surface area (Å²) in [6, 6.07) is 9.56. The van der Waals surface area contributed by atoms with E-state index in [0.29, 0.717) is 6.04 Å². The minimum atomic E-state index is 0.241. The summed E-state index contributed by atoms with van der Waals surface area (Å²) in [5, 5.41) is 7.11. The average Bonchev–Trinajstić information content (AvgIpc) is 2.57. The summed E-state index contributed by atoms with van der Waals surface area (Å²) in [6.07, 6.45) is 3.77. The van der Waals surface area contributed by atoms with Gasteiger partial charge < -0.3 is 10.6 Å². The third kappa shape index (κ3) is 3.74. The van der Waals surface area contributed by atoms with Crippen LogP contribution < -0.4 is 10.6 Å². The largest absolute Gasteiger partial charge is 0.382 e. The fourth-order valence-electron chi connectivity index (χ4n) is 2.47. The van der Waals surface area contributed by atoms with Gasteiger partial charge >= 0.3 is 0 Å². The molecule has 0 radical (unpaired) electrons. The number of benzene rings is 1. The van der Waals surface area contributed by atoms with Crippen LogP contribution in [0.5, 0.6) is 0 Å². The first kappa shape index (κ1) is 13.4. The molecule has 1 atom stereocenters. The maximum Gasteiger partial charge on any atom is 0.0342 e. The molecular formula is C16H26N2. The van der Waals surface area contributed by atoms with E-state index in [1.807, 2.05) is 0 Å². The van der Waals surface area contributed by atoms with Gasteiger partial charge in [0, 0.05) is 11.7 Å². The zero-order chi connectivity index (χ0) is 13.0. The van der Waals surface area contributed by atoms with E-state index in [0.717, 1.165) is 6.54 Å². The van der Waals surface area contributed by atoms with Crippen LogP contribution >= 0.6 is 0 Å². The van der Waals surface area contributed by atoms with E-state index in [1.54, 1.807) is 0 Å². The lowest BCUT2D eigenvalue weighted by molar-refractivity contribution is 0.590. The van der Waals surface area contributed by atoms with E-state index in [9.17, 15) is 0 Å². The van der Waals surface area contributed by atoms with Gasteiger partial charge in [-0.1, -0.05) is 32.9 Å². The molecule has 1 aromatic carbocycles. The Morgan fingerprint density at radius 1 is 1.06 bits per heavy atom. The predicted octanol–water partition coefficient (Wildman–Crippen LogP) is 3.54. The molecule has 0 bridgehead atoms. The zero-order valence-corrected chi connectivity index (χ0v) is 11.9. The quantitative estimate of drug-likeness (QED) is 0.834. The molecule has 2 rings (SSSR count).